The molecule has 0 aliphatic heterocycles. The van der Waals surface area contributed by atoms with Crippen LogP contribution in [0.1, 0.15) is 42.5 Å². The molecule has 7 heteroatoms. The quantitative estimate of drug-likeness (QED) is 0.227. The minimum Gasteiger partial charge on any atom is -0.344 e. The standard InChI is InChI=1S/C31H29N5OS/c1-22(2)26-17-9-10-18-27(26)36-30(25-16-11-19-32-20-25)34-35-31(36)38-21-28(37)33-29(23-12-5-3-6-13-23)24-14-7-4-8-15-24/h3-20,22,29H,21H2,1-2H3,(H,33,37). The van der Waals surface area contributed by atoms with Crippen molar-refractivity contribution in [2.75, 3.05) is 5.75 Å². The molecule has 0 bridgehead atoms. The van der Waals surface area contributed by atoms with E-state index in [1.165, 1.54) is 17.3 Å². The van der Waals surface area contributed by atoms with E-state index in [2.05, 4.69) is 46.5 Å². The summed E-state index contributed by atoms with van der Waals surface area (Å²) in [6.45, 7) is 4.33. The van der Waals surface area contributed by atoms with E-state index in [9.17, 15) is 4.79 Å². The van der Waals surface area contributed by atoms with Gasteiger partial charge in [0.05, 0.1) is 17.5 Å². The summed E-state index contributed by atoms with van der Waals surface area (Å²) >= 11 is 1.38. The van der Waals surface area contributed by atoms with E-state index in [4.69, 9.17) is 0 Å². The maximum absolute atomic E-state index is 13.3. The molecule has 0 aliphatic rings. The van der Waals surface area contributed by atoms with E-state index in [0.717, 1.165) is 22.4 Å². The van der Waals surface area contributed by atoms with Crippen molar-refractivity contribution in [2.24, 2.45) is 0 Å². The number of amides is 1. The van der Waals surface area contributed by atoms with Gasteiger partial charge in [0.15, 0.2) is 11.0 Å². The van der Waals surface area contributed by atoms with Gasteiger partial charge >= 0.3 is 0 Å². The topological polar surface area (TPSA) is 72.7 Å². The van der Waals surface area contributed by atoms with Crippen LogP contribution in [-0.2, 0) is 4.79 Å². The fraction of sp³-hybridized carbons (Fsp3) is 0.161. The molecule has 0 spiro atoms. The van der Waals surface area contributed by atoms with E-state index in [-0.39, 0.29) is 17.7 Å². The lowest BCUT2D eigenvalue weighted by atomic mass is 9.99. The molecular formula is C31H29N5OS. The first-order chi connectivity index (χ1) is 18.6. The Labute approximate surface area is 227 Å². The second-order valence-corrected chi connectivity index (χ2v) is 10.1. The van der Waals surface area contributed by atoms with Crippen molar-refractivity contribution in [2.45, 2.75) is 31.0 Å². The van der Waals surface area contributed by atoms with E-state index in [1.54, 1.807) is 12.4 Å². The van der Waals surface area contributed by atoms with E-state index < -0.39 is 0 Å². The van der Waals surface area contributed by atoms with E-state index in [0.29, 0.717) is 16.9 Å². The maximum atomic E-state index is 13.3. The summed E-state index contributed by atoms with van der Waals surface area (Å²) < 4.78 is 2.04. The van der Waals surface area contributed by atoms with Crippen LogP contribution < -0.4 is 5.32 Å². The molecule has 0 unspecified atom stereocenters. The highest BCUT2D eigenvalue weighted by Gasteiger charge is 2.22. The number of carbonyl (C=O) groups excluding carboxylic acids is 1. The third kappa shape index (κ3) is 5.68. The van der Waals surface area contributed by atoms with Crippen molar-refractivity contribution >= 4 is 17.7 Å². The van der Waals surface area contributed by atoms with Gasteiger partial charge in [-0.2, -0.15) is 0 Å². The van der Waals surface area contributed by atoms with Crippen LogP contribution in [0.25, 0.3) is 17.1 Å². The Morgan fingerprint density at radius 3 is 2.13 bits per heavy atom. The number of nitrogens with zero attached hydrogens (tertiary/aromatic N) is 4. The number of thioether (sulfide) groups is 1. The van der Waals surface area contributed by atoms with Gasteiger partial charge in [-0.3, -0.25) is 14.3 Å². The summed E-state index contributed by atoms with van der Waals surface area (Å²) in [4.78, 5) is 17.5. The monoisotopic (exact) mass is 519 g/mol. The van der Waals surface area contributed by atoms with Crippen molar-refractivity contribution in [3.05, 3.63) is 126 Å². The second kappa shape index (κ2) is 11.9. The lowest BCUT2D eigenvalue weighted by Gasteiger charge is -2.20. The van der Waals surface area contributed by atoms with Gasteiger partial charge in [0.1, 0.15) is 0 Å². The molecule has 0 saturated carbocycles. The molecule has 3 aromatic carbocycles. The predicted molar refractivity (Wildman–Crippen MR) is 152 cm³/mol. The molecule has 0 saturated heterocycles. The fourth-order valence-corrected chi connectivity index (χ4v) is 5.18. The maximum Gasteiger partial charge on any atom is 0.231 e. The molecule has 0 aliphatic carbocycles. The Balaban J connectivity index is 1.44. The Kier molecular flexibility index (Phi) is 7.95. The van der Waals surface area contributed by atoms with Crippen LogP contribution in [-0.4, -0.2) is 31.4 Å². The van der Waals surface area contributed by atoms with Crippen molar-refractivity contribution < 1.29 is 4.79 Å². The molecule has 38 heavy (non-hydrogen) atoms. The second-order valence-electron chi connectivity index (χ2n) is 9.21. The summed E-state index contributed by atoms with van der Waals surface area (Å²) in [5.41, 5.74) is 5.11. The lowest BCUT2D eigenvalue weighted by Crippen LogP contribution is -2.30. The molecule has 0 fully saturated rings. The van der Waals surface area contributed by atoms with Gasteiger partial charge in [-0.15, -0.1) is 10.2 Å². The molecule has 2 aromatic heterocycles. The van der Waals surface area contributed by atoms with Crippen molar-refractivity contribution in [3.63, 3.8) is 0 Å². The first kappa shape index (κ1) is 25.4. The van der Waals surface area contributed by atoms with Crippen LogP contribution in [0.5, 0.6) is 0 Å². The smallest absolute Gasteiger partial charge is 0.231 e. The lowest BCUT2D eigenvalue weighted by molar-refractivity contribution is -0.119. The van der Waals surface area contributed by atoms with Gasteiger partial charge in [-0.1, -0.05) is 104 Å². The average molecular weight is 520 g/mol. The third-order valence-electron chi connectivity index (χ3n) is 6.26. The number of para-hydroxylation sites is 1. The molecule has 0 atom stereocenters. The average Bonchev–Trinajstić information content (AvgIpc) is 3.40. The molecular weight excluding hydrogens is 490 g/mol. The highest BCUT2D eigenvalue weighted by atomic mass is 32.2. The highest BCUT2D eigenvalue weighted by Crippen LogP contribution is 2.32. The largest absolute Gasteiger partial charge is 0.344 e. The highest BCUT2D eigenvalue weighted by molar-refractivity contribution is 7.99. The predicted octanol–water partition coefficient (Wildman–Crippen LogP) is 6.45. The number of aromatic nitrogens is 4. The van der Waals surface area contributed by atoms with E-state index in [1.807, 2.05) is 89.5 Å². The van der Waals surface area contributed by atoms with E-state index >= 15 is 0 Å². The number of hydrogen-bond acceptors (Lipinski definition) is 5. The molecule has 1 amide bonds. The van der Waals surface area contributed by atoms with Gasteiger partial charge < -0.3 is 5.32 Å². The zero-order valence-corrected chi connectivity index (χ0v) is 22.2. The molecule has 5 rings (SSSR count). The van der Waals surface area contributed by atoms with Crippen molar-refractivity contribution in [1.29, 1.82) is 0 Å². The number of hydrogen-bond donors (Lipinski definition) is 1. The fourth-order valence-electron chi connectivity index (χ4n) is 4.42. The van der Waals surface area contributed by atoms with Gasteiger partial charge in [-0.05, 0) is 40.8 Å². The van der Waals surface area contributed by atoms with Crippen LogP contribution in [0.15, 0.2) is 115 Å². The van der Waals surface area contributed by atoms with Crippen LogP contribution in [0, 0.1) is 0 Å². The minimum atomic E-state index is -0.240. The summed E-state index contributed by atoms with van der Waals surface area (Å²) in [7, 11) is 0. The Morgan fingerprint density at radius 1 is 0.842 bits per heavy atom. The van der Waals surface area contributed by atoms with Crippen LogP contribution in [0.4, 0.5) is 0 Å². The van der Waals surface area contributed by atoms with Crippen molar-refractivity contribution in [1.82, 2.24) is 25.1 Å². The van der Waals surface area contributed by atoms with Gasteiger partial charge in [0.25, 0.3) is 0 Å². The molecule has 0 radical (unpaired) electrons. The van der Waals surface area contributed by atoms with Gasteiger partial charge in [0.2, 0.25) is 5.91 Å². The number of carbonyl (C=O) groups is 1. The number of nitrogens with one attached hydrogen (secondary N) is 1. The Morgan fingerprint density at radius 2 is 1.50 bits per heavy atom. The first-order valence-electron chi connectivity index (χ1n) is 12.6. The Bertz CT molecular complexity index is 1450. The normalized spacial score (nSPS) is 11.2. The number of rotatable bonds is 9. The SMILES string of the molecule is CC(C)c1ccccc1-n1c(SCC(=O)NC(c2ccccc2)c2ccccc2)nnc1-c1cccnc1. The Hall–Kier alpha value is -4.23. The molecule has 1 N–H and O–H groups in total. The number of pyridine rings is 1. The van der Waals surface area contributed by atoms with Crippen LogP contribution >= 0.6 is 11.8 Å². The number of benzene rings is 3. The minimum absolute atomic E-state index is 0.0812. The van der Waals surface area contributed by atoms with Crippen LogP contribution in [0.2, 0.25) is 0 Å². The van der Waals surface area contributed by atoms with Gasteiger partial charge in [0, 0.05) is 18.0 Å². The molecule has 5 aromatic rings. The summed E-state index contributed by atoms with van der Waals surface area (Å²) in [6.07, 6.45) is 3.52. The van der Waals surface area contributed by atoms with Gasteiger partial charge in [-0.25, -0.2) is 0 Å². The first-order valence-corrected chi connectivity index (χ1v) is 13.6. The summed E-state index contributed by atoms with van der Waals surface area (Å²) in [5, 5.41) is 12.9. The summed E-state index contributed by atoms with van der Waals surface area (Å²) in [6, 6.07) is 31.9. The molecule has 6 nitrogen and oxygen atoms in total. The zero-order valence-electron chi connectivity index (χ0n) is 21.4. The molecule has 2 heterocycles. The third-order valence-corrected chi connectivity index (χ3v) is 7.19. The van der Waals surface area contributed by atoms with Crippen molar-refractivity contribution in [3.8, 4) is 17.1 Å². The summed E-state index contributed by atoms with van der Waals surface area (Å²) in [5.74, 6) is 1.11. The zero-order chi connectivity index (χ0) is 26.3. The molecule has 190 valence electrons. The van der Waals surface area contributed by atoms with Crippen LogP contribution in [0.3, 0.4) is 0 Å².